The van der Waals surface area contributed by atoms with Crippen LogP contribution >= 0.6 is 0 Å². The standard InChI is InChI=1S/C13H15N3O5S2/c14-7-10-3-1-2-4-12(10)23(20,21)15-8-13(17)16-11-5-6-22(18,19)9-11/h1-4,11,15H,5-6,8-9H2,(H,16,17). The summed E-state index contributed by atoms with van der Waals surface area (Å²) in [6, 6.07) is 6.90. The molecule has 0 aromatic heterocycles. The summed E-state index contributed by atoms with van der Waals surface area (Å²) in [5.41, 5.74) is -0.0257. The van der Waals surface area contributed by atoms with Gasteiger partial charge in [0.25, 0.3) is 0 Å². The molecule has 124 valence electrons. The molecule has 1 fully saturated rings. The smallest absolute Gasteiger partial charge is 0.242 e. The lowest BCUT2D eigenvalue weighted by Crippen LogP contribution is -2.42. The van der Waals surface area contributed by atoms with Crippen LogP contribution in [-0.4, -0.2) is 46.8 Å². The summed E-state index contributed by atoms with van der Waals surface area (Å²) in [5.74, 6) is -0.743. The van der Waals surface area contributed by atoms with Crippen LogP contribution in [0, 0.1) is 11.3 Å². The molecule has 1 atom stereocenters. The van der Waals surface area contributed by atoms with Crippen LogP contribution in [-0.2, 0) is 24.7 Å². The Morgan fingerprint density at radius 3 is 2.65 bits per heavy atom. The Balaban J connectivity index is 1.97. The van der Waals surface area contributed by atoms with Crippen molar-refractivity contribution in [1.29, 1.82) is 5.26 Å². The Morgan fingerprint density at radius 1 is 1.35 bits per heavy atom. The van der Waals surface area contributed by atoms with E-state index in [0.29, 0.717) is 6.42 Å². The van der Waals surface area contributed by atoms with Crippen LogP contribution in [0.5, 0.6) is 0 Å². The summed E-state index contributed by atoms with van der Waals surface area (Å²) < 4.78 is 48.9. The Labute approximate surface area is 134 Å². The van der Waals surface area contributed by atoms with Crippen molar-refractivity contribution in [3.05, 3.63) is 29.8 Å². The molecule has 0 bridgehead atoms. The SMILES string of the molecule is N#Cc1ccccc1S(=O)(=O)NCC(=O)NC1CCS(=O)(=O)C1. The predicted molar refractivity (Wildman–Crippen MR) is 81.5 cm³/mol. The predicted octanol–water partition coefficient (Wildman–Crippen LogP) is -0.860. The molecule has 8 nitrogen and oxygen atoms in total. The highest BCUT2D eigenvalue weighted by Crippen LogP contribution is 2.14. The molecule has 1 heterocycles. The van der Waals surface area contributed by atoms with Gasteiger partial charge in [0.2, 0.25) is 15.9 Å². The number of carbonyl (C=O) groups is 1. The van der Waals surface area contributed by atoms with Crippen molar-refractivity contribution >= 4 is 25.8 Å². The van der Waals surface area contributed by atoms with E-state index in [9.17, 15) is 21.6 Å². The molecule has 0 aliphatic carbocycles. The zero-order valence-corrected chi connectivity index (χ0v) is 13.7. The largest absolute Gasteiger partial charge is 0.351 e. The molecular formula is C13H15N3O5S2. The maximum atomic E-state index is 12.1. The van der Waals surface area contributed by atoms with Crippen LogP contribution in [0.3, 0.4) is 0 Å². The Morgan fingerprint density at radius 2 is 2.04 bits per heavy atom. The van der Waals surface area contributed by atoms with E-state index in [2.05, 4.69) is 10.0 Å². The number of rotatable bonds is 5. The molecule has 1 aromatic rings. The molecule has 1 aliphatic rings. The third kappa shape index (κ3) is 4.51. The molecular weight excluding hydrogens is 342 g/mol. The molecule has 10 heteroatoms. The van der Waals surface area contributed by atoms with Gasteiger partial charge in [-0.05, 0) is 18.6 Å². The Hall–Kier alpha value is -1.96. The first-order valence-electron chi connectivity index (χ1n) is 6.72. The number of nitrogens with one attached hydrogen (secondary N) is 2. The number of sulfonamides is 1. The van der Waals surface area contributed by atoms with Crippen molar-refractivity contribution in [2.24, 2.45) is 0 Å². The van der Waals surface area contributed by atoms with Gasteiger partial charge in [0.05, 0.1) is 28.5 Å². The number of sulfone groups is 1. The molecule has 1 amide bonds. The lowest BCUT2D eigenvalue weighted by atomic mass is 10.2. The fraction of sp³-hybridized carbons (Fsp3) is 0.385. The number of benzene rings is 1. The van der Waals surface area contributed by atoms with Crippen LogP contribution in [0.25, 0.3) is 0 Å². The molecule has 2 rings (SSSR count). The summed E-state index contributed by atoms with van der Waals surface area (Å²) in [7, 11) is -7.13. The lowest BCUT2D eigenvalue weighted by Gasteiger charge is -2.12. The van der Waals surface area contributed by atoms with E-state index in [1.807, 2.05) is 0 Å². The molecule has 1 aliphatic heterocycles. The third-order valence-electron chi connectivity index (χ3n) is 3.32. The first kappa shape index (κ1) is 17.4. The van der Waals surface area contributed by atoms with Crippen molar-refractivity contribution < 1.29 is 21.6 Å². The summed E-state index contributed by atoms with van der Waals surface area (Å²) >= 11 is 0. The molecule has 2 N–H and O–H groups in total. The maximum absolute atomic E-state index is 12.1. The minimum Gasteiger partial charge on any atom is -0.351 e. The summed E-state index contributed by atoms with van der Waals surface area (Å²) in [6.07, 6.45) is 0.318. The van der Waals surface area contributed by atoms with Crippen LogP contribution in [0.2, 0.25) is 0 Å². The molecule has 0 saturated carbocycles. The molecule has 0 radical (unpaired) electrons. The molecule has 1 aromatic carbocycles. The quantitative estimate of drug-likeness (QED) is 0.704. The highest BCUT2D eigenvalue weighted by Gasteiger charge is 2.29. The molecule has 23 heavy (non-hydrogen) atoms. The van der Waals surface area contributed by atoms with Gasteiger partial charge < -0.3 is 5.32 Å². The van der Waals surface area contributed by atoms with Crippen LogP contribution in [0.15, 0.2) is 29.2 Å². The second-order valence-corrected chi connectivity index (χ2v) is 9.06. The highest BCUT2D eigenvalue weighted by atomic mass is 32.2. The summed E-state index contributed by atoms with van der Waals surface area (Å²) in [4.78, 5) is 11.5. The minimum absolute atomic E-state index is 0.0131. The second kappa shape index (κ2) is 6.66. The minimum atomic E-state index is -4.01. The molecule has 1 unspecified atom stereocenters. The van der Waals surface area contributed by atoms with Gasteiger partial charge in [0.15, 0.2) is 9.84 Å². The number of hydrogen-bond acceptors (Lipinski definition) is 6. The van der Waals surface area contributed by atoms with Crippen LogP contribution in [0.4, 0.5) is 0 Å². The number of amides is 1. The van der Waals surface area contributed by atoms with Crippen molar-refractivity contribution in [3.8, 4) is 6.07 Å². The van der Waals surface area contributed by atoms with E-state index in [1.165, 1.54) is 24.3 Å². The van der Waals surface area contributed by atoms with E-state index < -0.39 is 38.4 Å². The zero-order valence-electron chi connectivity index (χ0n) is 12.0. The second-order valence-electron chi connectivity index (χ2n) is 5.10. The number of hydrogen-bond donors (Lipinski definition) is 2. The van der Waals surface area contributed by atoms with Crippen molar-refractivity contribution in [1.82, 2.24) is 10.0 Å². The third-order valence-corrected chi connectivity index (χ3v) is 6.54. The lowest BCUT2D eigenvalue weighted by molar-refractivity contribution is -0.120. The van der Waals surface area contributed by atoms with E-state index in [1.54, 1.807) is 6.07 Å². The van der Waals surface area contributed by atoms with Gasteiger partial charge in [-0.2, -0.15) is 5.26 Å². The van der Waals surface area contributed by atoms with Gasteiger partial charge in [-0.1, -0.05) is 12.1 Å². The first-order valence-corrected chi connectivity index (χ1v) is 10.0. The van der Waals surface area contributed by atoms with Gasteiger partial charge in [-0.3, -0.25) is 4.79 Å². The summed E-state index contributed by atoms with van der Waals surface area (Å²) in [6.45, 7) is -0.529. The number of nitrogens with zero attached hydrogens (tertiary/aromatic N) is 1. The molecule has 1 saturated heterocycles. The van der Waals surface area contributed by atoms with E-state index >= 15 is 0 Å². The van der Waals surface area contributed by atoms with Crippen molar-refractivity contribution in [3.63, 3.8) is 0 Å². The van der Waals surface area contributed by atoms with Crippen molar-refractivity contribution in [2.75, 3.05) is 18.1 Å². The van der Waals surface area contributed by atoms with Crippen molar-refractivity contribution in [2.45, 2.75) is 17.4 Å². The van der Waals surface area contributed by atoms with Crippen LogP contribution < -0.4 is 10.0 Å². The van der Waals surface area contributed by atoms with Gasteiger partial charge in [0.1, 0.15) is 6.07 Å². The maximum Gasteiger partial charge on any atom is 0.242 e. The highest BCUT2D eigenvalue weighted by molar-refractivity contribution is 7.91. The van der Waals surface area contributed by atoms with E-state index in [-0.39, 0.29) is 22.0 Å². The Bertz CT molecular complexity index is 856. The summed E-state index contributed by atoms with van der Waals surface area (Å²) in [5, 5.41) is 11.4. The van der Waals surface area contributed by atoms with Gasteiger partial charge >= 0.3 is 0 Å². The fourth-order valence-electron chi connectivity index (χ4n) is 2.22. The average molecular weight is 357 g/mol. The molecule has 0 spiro atoms. The average Bonchev–Trinajstić information content (AvgIpc) is 2.84. The number of nitriles is 1. The monoisotopic (exact) mass is 357 g/mol. The van der Waals surface area contributed by atoms with Gasteiger partial charge in [-0.25, -0.2) is 21.6 Å². The van der Waals surface area contributed by atoms with Gasteiger partial charge in [-0.15, -0.1) is 0 Å². The fourth-order valence-corrected chi connectivity index (χ4v) is 5.03. The number of carbonyl (C=O) groups excluding carboxylic acids is 1. The van der Waals surface area contributed by atoms with E-state index in [0.717, 1.165) is 0 Å². The first-order chi connectivity index (χ1) is 10.7. The zero-order chi connectivity index (χ0) is 17.1. The topological polar surface area (TPSA) is 133 Å². The normalized spacial score (nSPS) is 19.9. The van der Waals surface area contributed by atoms with Crippen LogP contribution in [0.1, 0.15) is 12.0 Å². The van der Waals surface area contributed by atoms with E-state index in [4.69, 9.17) is 5.26 Å². The Kier molecular flexibility index (Phi) is 5.03. The van der Waals surface area contributed by atoms with Gasteiger partial charge in [0, 0.05) is 6.04 Å².